The number of ether oxygens (including phenoxy) is 1. The van der Waals surface area contributed by atoms with Crippen molar-refractivity contribution in [1.29, 1.82) is 0 Å². The highest BCUT2D eigenvalue weighted by Crippen LogP contribution is 2.27. The van der Waals surface area contributed by atoms with Crippen molar-refractivity contribution in [2.75, 3.05) is 38.6 Å². The number of hydrogen-bond acceptors (Lipinski definition) is 4. The standard InChI is InChI=1S/C25H35N3O2/c1-5-19(2)23-8-6-7-9-24(23)26-25(29)20(3)28-16-14-27(15-17-28)18-21-10-12-22(30-4)13-11-21/h6-13,19-20H,5,14-18H2,1-4H3,(H,26,29)/t19-,20-/m0/s1. The van der Waals surface area contributed by atoms with E-state index in [-0.39, 0.29) is 11.9 Å². The zero-order valence-corrected chi connectivity index (χ0v) is 18.7. The summed E-state index contributed by atoms with van der Waals surface area (Å²) in [4.78, 5) is 17.7. The van der Waals surface area contributed by atoms with Crippen LogP contribution in [0.4, 0.5) is 5.69 Å². The molecule has 1 N–H and O–H groups in total. The molecule has 0 aromatic heterocycles. The predicted molar refractivity (Wildman–Crippen MR) is 123 cm³/mol. The molecule has 30 heavy (non-hydrogen) atoms. The zero-order valence-electron chi connectivity index (χ0n) is 18.7. The van der Waals surface area contributed by atoms with Gasteiger partial charge in [0, 0.05) is 38.4 Å². The minimum Gasteiger partial charge on any atom is -0.497 e. The number of benzene rings is 2. The van der Waals surface area contributed by atoms with E-state index in [2.05, 4.69) is 47.2 Å². The Labute approximate surface area is 181 Å². The lowest BCUT2D eigenvalue weighted by atomic mass is 9.97. The molecule has 0 spiro atoms. The highest BCUT2D eigenvalue weighted by atomic mass is 16.5. The van der Waals surface area contributed by atoms with Crippen molar-refractivity contribution in [3.8, 4) is 5.75 Å². The van der Waals surface area contributed by atoms with E-state index in [1.807, 2.05) is 37.3 Å². The predicted octanol–water partition coefficient (Wildman–Crippen LogP) is 4.35. The van der Waals surface area contributed by atoms with Gasteiger partial charge in [0.05, 0.1) is 13.2 Å². The zero-order chi connectivity index (χ0) is 21.5. The number of nitrogens with zero attached hydrogens (tertiary/aromatic N) is 2. The first-order chi connectivity index (χ1) is 14.5. The van der Waals surface area contributed by atoms with E-state index >= 15 is 0 Å². The average Bonchev–Trinajstić information content (AvgIpc) is 2.79. The Bertz CT molecular complexity index is 813. The number of rotatable bonds is 8. The summed E-state index contributed by atoms with van der Waals surface area (Å²) in [5.74, 6) is 1.39. The molecule has 1 heterocycles. The molecule has 1 aliphatic rings. The van der Waals surface area contributed by atoms with Gasteiger partial charge < -0.3 is 10.1 Å². The third kappa shape index (κ3) is 5.61. The molecule has 5 heteroatoms. The Kier molecular flexibility index (Phi) is 7.88. The Morgan fingerprint density at radius 3 is 2.33 bits per heavy atom. The van der Waals surface area contributed by atoms with Crippen LogP contribution < -0.4 is 10.1 Å². The highest BCUT2D eigenvalue weighted by molar-refractivity contribution is 5.95. The second-order valence-corrected chi connectivity index (χ2v) is 8.22. The van der Waals surface area contributed by atoms with Crippen molar-refractivity contribution in [3.05, 3.63) is 59.7 Å². The third-order valence-corrected chi connectivity index (χ3v) is 6.26. The van der Waals surface area contributed by atoms with Gasteiger partial charge in [-0.1, -0.05) is 44.2 Å². The average molecular weight is 410 g/mol. The van der Waals surface area contributed by atoms with Crippen LogP contribution >= 0.6 is 0 Å². The molecule has 0 radical (unpaired) electrons. The van der Waals surface area contributed by atoms with Crippen LogP contribution in [0.1, 0.15) is 44.2 Å². The Balaban J connectivity index is 1.52. The first-order valence-corrected chi connectivity index (χ1v) is 11.0. The van der Waals surface area contributed by atoms with E-state index in [0.29, 0.717) is 5.92 Å². The summed E-state index contributed by atoms with van der Waals surface area (Å²) in [6.07, 6.45) is 1.05. The monoisotopic (exact) mass is 409 g/mol. The Morgan fingerprint density at radius 2 is 1.70 bits per heavy atom. The molecule has 1 fully saturated rings. The van der Waals surface area contributed by atoms with Crippen LogP contribution in [0.15, 0.2) is 48.5 Å². The minimum absolute atomic E-state index is 0.0781. The molecule has 0 unspecified atom stereocenters. The molecule has 1 aliphatic heterocycles. The van der Waals surface area contributed by atoms with Gasteiger partial charge in [0.25, 0.3) is 0 Å². The van der Waals surface area contributed by atoms with E-state index in [1.165, 1.54) is 11.1 Å². The second-order valence-electron chi connectivity index (χ2n) is 8.22. The molecule has 2 aromatic carbocycles. The summed E-state index contributed by atoms with van der Waals surface area (Å²) < 4.78 is 5.23. The fourth-order valence-corrected chi connectivity index (χ4v) is 3.96. The summed E-state index contributed by atoms with van der Waals surface area (Å²) in [5, 5.41) is 3.18. The van der Waals surface area contributed by atoms with Crippen molar-refractivity contribution in [3.63, 3.8) is 0 Å². The van der Waals surface area contributed by atoms with Gasteiger partial charge in [-0.25, -0.2) is 0 Å². The van der Waals surface area contributed by atoms with Gasteiger partial charge in [-0.05, 0) is 48.6 Å². The van der Waals surface area contributed by atoms with Crippen molar-refractivity contribution < 1.29 is 9.53 Å². The molecule has 1 saturated heterocycles. The van der Waals surface area contributed by atoms with E-state index in [1.54, 1.807) is 7.11 Å². The Hall–Kier alpha value is -2.37. The third-order valence-electron chi connectivity index (χ3n) is 6.26. The quantitative estimate of drug-likeness (QED) is 0.704. The van der Waals surface area contributed by atoms with Gasteiger partial charge in [-0.3, -0.25) is 14.6 Å². The number of carbonyl (C=O) groups excluding carboxylic acids is 1. The van der Waals surface area contributed by atoms with Gasteiger partial charge >= 0.3 is 0 Å². The molecule has 162 valence electrons. The number of para-hydroxylation sites is 1. The summed E-state index contributed by atoms with van der Waals surface area (Å²) in [6, 6.07) is 16.3. The molecule has 0 aliphatic carbocycles. The minimum atomic E-state index is -0.141. The van der Waals surface area contributed by atoms with Gasteiger partial charge in [-0.15, -0.1) is 0 Å². The van der Waals surface area contributed by atoms with E-state index in [4.69, 9.17) is 4.74 Å². The highest BCUT2D eigenvalue weighted by Gasteiger charge is 2.26. The number of amides is 1. The SMILES string of the molecule is CC[C@H](C)c1ccccc1NC(=O)[C@H](C)N1CCN(Cc2ccc(OC)cc2)CC1. The van der Waals surface area contributed by atoms with Crippen LogP contribution in [0.2, 0.25) is 0 Å². The fourth-order valence-electron chi connectivity index (χ4n) is 3.96. The largest absolute Gasteiger partial charge is 0.497 e. The second kappa shape index (κ2) is 10.6. The molecular weight excluding hydrogens is 374 g/mol. The first kappa shape index (κ1) is 22.3. The number of carbonyl (C=O) groups is 1. The number of hydrogen-bond donors (Lipinski definition) is 1. The smallest absolute Gasteiger partial charge is 0.241 e. The lowest BCUT2D eigenvalue weighted by Gasteiger charge is -2.37. The fraction of sp³-hybridized carbons (Fsp3) is 0.480. The summed E-state index contributed by atoms with van der Waals surface area (Å²) in [7, 11) is 1.69. The molecule has 1 amide bonds. The van der Waals surface area contributed by atoms with Gasteiger partial charge in [0.1, 0.15) is 5.75 Å². The summed E-state index contributed by atoms with van der Waals surface area (Å²) >= 11 is 0. The van der Waals surface area contributed by atoms with E-state index < -0.39 is 0 Å². The summed E-state index contributed by atoms with van der Waals surface area (Å²) in [6.45, 7) is 11.1. The maximum atomic E-state index is 12.9. The molecular formula is C25H35N3O2. The Morgan fingerprint density at radius 1 is 1.03 bits per heavy atom. The maximum absolute atomic E-state index is 12.9. The molecule has 2 aromatic rings. The molecule has 2 atom stereocenters. The van der Waals surface area contributed by atoms with Crippen LogP contribution in [-0.2, 0) is 11.3 Å². The number of nitrogens with one attached hydrogen (secondary N) is 1. The maximum Gasteiger partial charge on any atom is 0.241 e. The van der Waals surface area contributed by atoms with Crippen LogP contribution in [0.5, 0.6) is 5.75 Å². The number of methoxy groups -OCH3 is 1. The van der Waals surface area contributed by atoms with Crippen LogP contribution in [0.25, 0.3) is 0 Å². The van der Waals surface area contributed by atoms with Gasteiger partial charge in [0.2, 0.25) is 5.91 Å². The van der Waals surface area contributed by atoms with Crippen molar-refractivity contribution in [2.45, 2.75) is 45.7 Å². The van der Waals surface area contributed by atoms with Crippen LogP contribution in [0, 0.1) is 0 Å². The molecule has 3 rings (SSSR count). The lowest BCUT2D eigenvalue weighted by Crippen LogP contribution is -2.52. The summed E-state index contributed by atoms with van der Waals surface area (Å²) in [5.41, 5.74) is 3.45. The lowest BCUT2D eigenvalue weighted by molar-refractivity contribution is -0.121. The van der Waals surface area contributed by atoms with E-state index in [9.17, 15) is 4.79 Å². The molecule has 0 bridgehead atoms. The topological polar surface area (TPSA) is 44.8 Å². The molecule has 5 nitrogen and oxygen atoms in total. The van der Waals surface area contributed by atoms with Crippen molar-refractivity contribution in [2.24, 2.45) is 0 Å². The number of anilines is 1. The number of piperazine rings is 1. The van der Waals surface area contributed by atoms with Crippen molar-refractivity contribution in [1.82, 2.24) is 9.80 Å². The van der Waals surface area contributed by atoms with E-state index in [0.717, 1.165) is 50.6 Å². The molecule has 0 saturated carbocycles. The van der Waals surface area contributed by atoms with Crippen LogP contribution in [-0.4, -0.2) is 55.0 Å². The van der Waals surface area contributed by atoms with Gasteiger partial charge in [-0.2, -0.15) is 0 Å². The van der Waals surface area contributed by atoms with Gasteiger partial charge in [0.15, 0.2) is 0 Å². The first-order valence-electron chi connectivity index (χ1n) is 11.0. The van der Waals surface area contributed by atoms with Crippen LogP contribution in [0.3, 0.4) is 0 Å². The normalized spacial score (nSPS) is 17.3. The van der Waals surface area contributed by atoms with Crippen molar-refractivity contribution >= 4 is 11.6 Å².